The van der Waals surface area contributed by atoms with E-state index in [1.165, 1.54) is 38.9 Å². The number of hydrogen-bond acceptors (Lipinski definition) is 7. The molecule has 3 aliphatic rings. The molecule has 0 bridgehead atoms. The van der Waals surface area contributed by atoms with Gasteiger partial charge in [-0.05, 0) is 56.3 Å². The first-order valence-corrected chi connectivity index (χ1v) is 11.6. The summed E-state index contributed by atoms with van der Waals surface area (Å²) in [6, 6.07) is 6.96. The van der Waals surface area contributed by atoms with E-state index in [2.05, 4.69) is 37.7 Å². The van der Waals surface area contributed by atoms with Crippen molar-refractivity contribution < 1.29 is 9.90 Å². The van der Waals surface area contributed by atoms with Crippen molar-refractivity contribution in [3.63, 3.8) is 0 Å². The fourth-order valence-corrected chi connectivity index (χ4v) is 5.65. The summed E-state index contributed by atoms with van der Waals surface area (Å²) in [4.78, 5) is 29.6. The first-order chi connectivity index (χ1) is 15.6. The highest BCUT2D eigenvalue weighted by atomic mass is 16.3. The summed E-state index contributed by atoms with van der Waals surface area (Å²) < 4.78 is 0. The van der Waals surface area contributed by atoms with Gasteiger partial charge in [0.25, 0.3) is 6.47 Å². The molecule has 0 aromatic carbocycles. The Hall–Kier alpha value is -2.58. The van der Waals surface area contributed by atoms with Crippen molar-refractivity contribution >= 4 is 12.3 Å². The van der Waals surface area contributed by atoms with Gasteiger partial charge in [-0.15, -0.1) is 0 Å². The Bertz CT molecular complexity index is 909. The molecule has 1 atom stereocenters. The van der Waals surface area contributed by atoms with Gasteiger partial charge in [0, 0.05) is 62.8 Å². The standard InChI is InChI=1S/C23H32N6.CH2O2/c1-3-27-15-23(16-27)7-6-19(14-23)28-9-11-29(12-10-28)22-20(5-4-8-24-22)21-13-18(2)25-17-26-21;2-1-3/h4-5,8,13,17,19H,3,6-7,9-12,14-16H2,1-2H3;1H,(H,2,3). The van der Waals surface area contributed by atoms with E-state index in [1.807, 2.05) is 25.3 Å². The zero-order valence-electron chi connectivity index (χ0n) is 19.2. The molecule has 2 aliphatic heterocycles. The lowest BCUT2D eigenvalue weighted by Crippen LogP contribution is -2.56. The first-order valence-electron chi connectivity index (χ1n) is 11.6. The molecule has 1 saturated carbocycles. The lowest BCUT2D eigenvalue weighted by atomic mass is 9.78. The van der Waals surface area contributed by atoms with E-state index in [0.717, 1.165) is 55.0 Å². The Morgan fingerprint density at radius 1 is 1.19 bits per heavy atom. The zero-order valence-corrected chi connectivity index (χ0v) is 19.2. The molecule has 8 heteroatoms. The SMILES string of the molecule is CCN1CC2(CCC(N3CCN(c4ncccc4-c4cc(C)ncn4)CC3)C2)C1.O=CO. The Kier molecular flexibility index (Phi) is 7.01. The van der Waals surface area contributed by atoms with Gasteiger partial charge in [0.1, 0.15) is 12.1 Å². The molecule has 0 amide bonds. The maximum atomic E-state index is 8.36. The number of piperazine rings is 1. The summed E-state index contributed by atoms with van der Waals surface area (Å²) in [5.41, 5.74) is 3.70. The number of carboxylic acid groups (broad SMARTS) is 1. The monoisotopic (exact) mass is 438 g/mol. The smallest absolute Gasteiger partial charge is 0.290 e. The minimum absolute atomic E-state index is 0.250. The van der Waals surface area contributed by atoms with Crippen LogP contribution in [0.25, 0.3) is 11.3 Å². The molecule has 3 fully saturated rings. The molecule has 32 heavy (non-hydrogen) atoms. The Labute approximate surface area is 190 Å². The quantitative estimate of drug-likeness (QED) is 0.729. The number of anilines is 1. The van der Waals surface area contributed by atoms with Gasteiger partial charge in [0.05, 0.1) is 5.69 Å². The number of aromatic nitrogens is 3. The van der Waals surface area contributed by atoms with E-state index >= 15 is 0 Å². The highest BCUT2D eigenvalue weighted by Gasteiger charge is 2.48. The second kappa shape index (κ2) is 9.92. The Morgan fingerprint density at radius 3 is 2.62 bits per heavy atom. The number of nitrogens with zero attached hydrogens (tertiary/aromatic N) is 6. The molecule has 8 nitrogen and oxygen atoms in total. The molecule has 1 aliphatic carbocycles. The molecule has 0 radical (unpaired) electrons. The predicted molar refractivity (Wildman–Crippen MR) is 125 cm³/mol. The van der Waals surface area contributed by atoms with Crippen molar-refractivity contribution in [3.8, 4) is 11.3 Å². The number of rotatable bonds is 4. The molecule has 2 saturated heterocycles. The van der Waals surface area contributed by atoms with Crippen LogP contribution >= 0.6 is 0 Å². The largest absolute Gasteiger partial charge is 0.483 e. The molecular weight excluding hydrogens is 404 g/mol. The van der Waals surface area contributed by atoms with Crippen LogP contribution < -0.4 is 4.90 Å². The van der Waals surface area contributed by atoms with Crippen molar-refractivity contribution in [2.75, 3.05) is 50.7 Å². The van der Waals surface area contributed by atoms with Gasteiger partial charge in [-0.2, -0.15) is 0 Å². The van der Waals surface area contributed by atoms with Crippen LogP contribution in [0.4, 0.5) is 5.82 Å². The third-order valence-corrected chi connectivity index (χ3v) is 7.24. The summed E-state index contributed by atoms with van der Waals surface area (Å²) in [7, 11) is 0. The maximum Gasteiger partial charge on any atom is 0.290 e. The fraction of sp³-hybridized carbons (Fsp3) is 0.583. The van der Waals surface area contributed by atoms with Crippen LogP contribution in [0, 0.1) is 12.3 Å². The maximum absolute atomic E-state index is 8.36. The molecule has 1 spiro atoms. The van der Waals surface area contributed by atoms with Crippen LogP contribution in [-0.2, 0) is 4.79 Å². The Morgan fingerprint density at radius 2 is 1.94 bits per heavy atom. The van der Waals surface area contributed by atoms with E-state index in [4.69, 9.17) is 14.9 Å². The van der Waals surface area contributed by atoms with Gasteiger partial charge < -0.3 is 14.9 Å². The van der Waals surface area contributed by atoms with E-state index in [9.17, 15) is 0 Å². The van der Waals surface area contributed by atoms with E-state index in [-0.39, 0.29) is 6.47 Å². The fourth-order valence-electron chi connectivity index (χ4n) is 5.65. The van der Waals surface area contributed by atoms with E-state index < -0.39 is 0 Å². The molecule has 2 aromatic rings. The van der Waals surface area contributed by atoms with E-state index in [0.29, 0.717) is 5.41 Å². The van der Waals surface area contributed by atoms with Crippen molar-refractivity contribution in [3.05, 3.63) is 36.4 Å². The van der Waals surface area contributed by atoms with Crippen molar-refractivity contribution in [1.29, 1.82) is 0 Å². The predicted octanol–water partition coefficient (Wildman–Crippen LogP) is 2.54. The third-order valence-electron chi connectivity index (χ3n) is 7.24. The average Bonchev–Trinajstić information content (AvgIpc) is 3.25. The molecule has 172 valence electrons. The van der Waals surface area contributed by atoms with E-state index in [1.54, 1.807) is 6.33 Å². The molecule has 2 aromatic heterocycles. The summed E-state index contributed by atoms with van der Waals surface area (Å²) >= 11 is 0. The minimum atomic E-state index is -0.250. The number of carbonyl (C=O) groups is 1. The normalized spacial score (nSPS) is 22.8. The second-order valence-corrected chi connectivity index (χ2v) is 9.25. The third kappa shape index (κ3) is 4.76. The van der Waals surface area contributed by atoms with Crippen LogP contribution in [0.1, 0.15) is 31.9 Å². The molecular formula is C24H34N6O2. The van der Waals surface area contributed by atoms with Crippen molar-refractivity contribution in [2.45, 2.75) is 39.2 Å². The van der Waals surface area contributed by atoms with Gasteiger partial charge in [-0.3, -0.25) is 9.69 Å². The minimum Gasteiger partial charge on any atom is -0.483 e. The topological polar surface area (TPSA) is 85.7 Å². The lowest BCUT2D eigenvalue weighted by molar-refractivity contribution is -0.122. The van der Waals surface area contributed by atoms with Crippen molar-refractivity contribution in [2.24, 2.45) is 5.41 Å². The van der Waals surface area contributed by atoms with Crippen LogP contribution in [0.15, 0.2) is 30.7 Å². The zero-order chi connectivity index (χ0) is 22.6. The van der Waals surface area contributed by atoms with Gasteiger partial charge in [-0.1, -0.05) is 6.92 Å². The van der Waals surface area contributed by atoms with Gasteiger partial charge >= 0.3 is 0 Å². The van der Waals surface area contributed by atoms with Gasteiger partial charge in [0.15, 0.2) is 0 Å². The highest BCUT2D eigenvalue weighted by Crippen LogP contribution is 2.47. The molecule has 5 rings (SSSR count). The summed E-state index contributed by atoms with van der Waals surface area (Å²) in [6.45, 7) is 12.3. The van der Waals surface area contributed by atoms with Crippen LogP contribution in [0.5, 0.6) is 0 Å². The second-order valence-electron chi connectivity index (χ2n) is 9.25. The molecule has 1 unspecified atom stereocenters. The number of hydrogen-bond donors (Lipinski definition) is 1. The lowest BCUT2D eigenvalue weighted by Gasteiger charge is -2.49. The number of aryl methyl sites for hydroxylation is 1. The summed E-state index contributed by atoms with van der Waals surface area (Å²) in [5, 5.41) is 6.89. The van der Waals surface area contributed by atoms with Gasteiger partial charge in [0.2, 0.25) is 0 Å². The number of likely N-dealkylation sites (tertiary alicyclic amines) is 1. The van der Waals surface area contributed by atoms with Crippen molar-refractivity contribution in [1.82, 2.24) is 24.8 Å². The molecule has 4 heterocycles. The summed E-state index contributed by atoms with van der Waals surface area (Å²) in [5.74, 6) is 1.06. The highest BCUT2D eigenvalue weighted by molar-refractivity contribution is 5.73. The summed E-state index contributed by atoms with van der Waals surface area (Å²) in [6.07, 6.45) is 7.75. The van der Waals surface area contributed by atoms with Crippen LogP contribution in [0.3, 0.4) is 0 Å². The average molecular weight is 439 g/mol. The molecule has 1 N–H and O–H groups in total. The number of pyridine rings is 1. The van der Waals surface area contributed by atoms with Crippen LogP contribution in [-0.4, -0.2) is 88.2 Å². The first kappa shape index (κ1) is 22.6. The van der Waals surface area contributed by atoms with Gasteiger partial charge in [-0.25, -0.2) is 15.0 Å². The van der Waals surface area contributed by atoms with Crippen LogP contribution in [0.2, 0.25) is 0 Å². The Balaban J connectivity index is 0.000000775.